The molecule has 8 heteroatoms. The van der Waals surface area contributed by atoms with Crippen molar-refractivity contribution in [2.24, 2.45) is 17.3 Å². The van der Waals surface area contributed by atoms with Crippen LogP contribution < -0.4 is 0 Å². The average molecular weight is 405 g/mol. The minimum absolute atomic E-state index is 0. The van der Waals surface area contributed by atoms with Gasteiger partial charge in [0.25, 0.3) is 0 Å². The van der Waals surface area contributed by atoms with Crippen LogP contribution in [0.5, 0.6) is 0 Å². The summed E-state index contributed by atoms with van der Waals surface area (Å²) in [5.41, 5.74) is -2.04. The number of carbonyl (C=O) groups is 1. The zero-order valence-corrected chi connectivity index (χ0v) is 17.9. The molecule has 0 saturated carbocycles. The number of aliphatic hydroxyl groups is 2. The lowest BCUT2D eigenvalue weighted by Gasteiger charge is -2.53. The topological polar surface area (TPSA) is 137 Å². The molecule has 28 heavy (non-hydrogen) atoms. The first-order valence-corrected chi connectivity index (χ1v) is 9.50. The first-order chi connectivity index (χ1) is 12.2. The first kappa shape index (κ1) is 24.8. The zero-order chi connectivity index (χ0) is 20.8. The minimum atomic E-state index is -1.22. The van der Waals surface area contributed by atoms with Crippen LogP contribution in [0, 0.1) is 17.3 Å². The van der Waals surface area contributed by atoms with Gasteiger partial charge in [0, 0.05) is 17.3 Å². The van der Waals surface area contributed by atoms with E-state index in [9.17, 15) is 20.1 Å². The van der Waals surface area contributed by atoms with Crippen molar-refractivity contribution in [3.05, 3.63) is 11.8 Å². The van der Waals surface area contributed by atoms with Crippen molar-refractivity contribution in [1.29, 1.82) is 0 Å². The Kier molecular flexibility index (Phi) is 7.35. The molecule has 2 rings (SSSR count). The fraction of sp³-hybridized carbons (Fsp3) is 0.850. The maximum atomic E-state index is 11.3. The second kappa shape index (κ2) is 8.28. The molecule has 0 amide bonds. The third-order valence-electron chi connectivity index (χ3n) is 6.81. The monoisotopic (exact) mass is 404 g/mol. The van der Waals surface area contributed by atoms with E-state index in [-0.39, 0.29) is 42.4 Å². The Bertz CT molecular complexity index is 603. The molecular formula is C20H36O8. The third-order valence-corrected chi connectivity index (χ3v) is 6.81. The number of carboxylic acids is 1. The van der Waals surface area contributed by atoms with Crippen LogP contribution >= 0.6 is 0 Å². The molecule has 0 aromatic carbocycles. The molecule has 1 fully saturated rings. The molecule has 164 valence electrons. The van der Waals surface area contributed by atoms with Crippen LogP contribution in [0.25, 0.3) is 0 Å². The molecule has 0 bridgehead atoms. The number of hydrogen-bond donors (Lipinski definition) is 3. The normalized spacial score (nSPS) is 42.8. The lowest BCUT2D eigenvalue weighted by Crippen LogP contribution is -2.61. The molecule has 7 atom stereocenters. The van der Waals surface area contributed by atoms with E-state index in [0.717, 1.165) is 0 Å². The maximum absolute atomic E-state index is 11.3. The number of ether oxygens (including phenoxy) is 3. The zero-order valence-electron chi connectivity index (χ0n) is 17.9. The van der Waals surface area contributed by atoms with Crippen LogP contribution in [0.4, 0.5) is 0 Å². The molecule has 0 aromatic heterocycles. The highest BCUT2D eigenvalue weighted by atomic mass is 16.6. The molecule has 2 aliphatic heterocycles. The van der Waals surface area contributed by atoms with E-state index < -0.39 is 34.8 Å². The minimum Gasteiger partial charge on any atom is -0.478 e. The predicted molar refractivity (Wildman–Crippen MR) is 103 cm³/mol. The van der Waals surface area contributed by atoms with Crippen LogP contribution in [-0.4, -0.2) is 69.5 Å². The predicted octanol–water partition coefficient (Wildman–Crippen LogP) is 1.13. The van der Waals surface area contributed by atoms with Crippen molar-refractivity contribution in [3.63, 3.8) is 0 Å². The Morgan fingerprint density at radius 3 is 2.21 bits per heavy atom. The Morgan fingerprint density at radius 2 is 1.68 bits per heavy atom. The highest BCUT2D eigenvalue weighted by Crippen LogP contribution is 2.45. The van der Waals surface area contributed by atoms with Gasteiger partial charge in [0.2, 0.25) is 5.76 Å². The van der Waals surface area contributed by atoms with E-state index >= 15 is 0 Å². The summed E-state index contributed by atoms with van der Waals surface area (Å²) >= 11 is 0. The largest absolute Gasteiger partial charge is 0.478 e. The highest BCUT2D eigenvalue weighted by Gasteiger charge is 2.53. The van der Waals surface area contributed by atoms with Gasteiger partial charge >= 0.3 is 5.97 Å². The van der Waals surface area contributed by atoms with Gasteiger partial charge < -0.3 is 35.0 Å². The van der Waals surface area contributed by atoms with Crippen LogP contribution in [0.2, 0.25) is 0 Å². The summed E-state index contributed by atoms with van der Waals surface area (Å²) in [7, 11) is 0. The van der Waals surface area contributed by atoms with E-state index in [1.165, 1.54) is 6.08 Å². The van der Waals surface area contributed by atoms with Crippen LogP contribution in [0.15, 0.2) is 11.8 Å². The Balaban J connectivity index is 0.00000392. The van der Waals surface area contributed by atoms with Crippen molar-refractivity contribution in [2.45, 2.75) is 78.0 Å². The second-order valence-electron chi connectivity index (χ2n) is 9.13. The Morgan fingerprint density at radius 1 is 1.11 bits per heavy atom. The molecule has 5 N–H and O–H groups in total. The van der Waals surface area contributed by atoms with Crippen LogP contribution in [-0.2, 0) is 19.0 Å². The summed E-state index contributed by atoms with van der Waals surface area (Å²) in [6.07, 6.45) is -0.567. The molecule has 8 nitrogen and oxygen atoms in total. The third kappa shape index (κ3) is 4.36. The van der Waals surface area contributed by atoms with E-state index in [0.29, 0.717) is 0 Å². The van der Waals surface area contributed by atoms with Gasteiger partial charge in [-0.05, 0) is 33.8 Å². The molecule has 0 aliphatic carbocycles. The van der Waals surface area contributed by atoms with E-state index in [1.54, 1.807) is 13.8 Å². The van der Waals surface area contributed by atoms with E-state index in [2.05, 4.69) is 0 Å². The molecule has 3 unspecified atom stereocenters. The average Bonchev–Trinajstić information content (AvgIpc) is 2.56. The fourth-order valence-electron chi connectivity index (χ4n) is 3.88. The van der Waals surface area contributed by atoms with Gasteiger partial charge in [0.05, 0.1) is 37.1 Å². The van der Waals surface area contributed by atoms with Crippen molar-refractivity contribution >= 4 is 5.97 Å². The quantitative estimate of drug-likeness (QED) is 0.625. The number of aliphatic carboxylic acids is 1. The molecule has 1 saturated heterocycles. The molecule has 0 spiro atoms. The fourth-order valence-corrected chi connectivity index (χ4v) is 3.88. The van der Waals surface area contributed by atoms with Gasteiger partial charge in [-0.3, -0.25) is 0 Å². The summed E-state index contributed by atoms with van der Waals surface area (Å²) in [5.74, 6) is -1.93. The number of hydrogen-bond acceptors (Lipinski definition) is 6. The number of carboxylic acid groups (broad SMARTS) is 1. The smallest absolute Gasteiger partial charge is 0.370 e. The molecule has 2 heterocycles. The van der Waals surface area contributed by atoms with Crippen LogP contribution in [0.1, 0.15) is 48.5 Å². The van der Waals surface area contributed by atoms with Crippen molar-refractivity contribution < 1.29 is 39.8 Å². The van der Waals surface area contributed by atoms with E-state index in [4.69, 9.17) is 14.2 Å². The maximum Gasteiger partial charge on any atom is 0.370 e. The van der Waals surface area contributed by atoms with Crippen molar-refractivity contribution in [3.8, 4) is 0 Å². The van der Waals surface area contributed by atoms with Gasteiger partial charge in [-0.1, -0.05) is 20.8 Å². The lowest BCUT2D eigenvalue weighted by atomic mass is 9.68. The number of rotatable bonds is 5. The SMILES string of the molecule is CC1[C@H](O)[C@](C)(COC[C@@]2(C)OC(C(=O)O)=C[C@@H](O)C2C)C(C)OC1(C)C.O. The van der Waals surface area contributed by atoms with E-state index in [1.807, 2.05) is 34.6 Å². The van der Waals surface area contributed by atoms with Gasteiger partial charge in [0.15, 0.2) is 0 Å². The summed E-state index contributed by atoms with van der Waals surface area (Å²) < 4.78 is 17.7. The standard InChI is InChI=1S/C20H34O7.H2O/c1-11-14(21)8-15(17(23)24)27-20(11,7)10-25-9-19(6)13(3)26-18(4,5)12(2)16(19)22;/h8,11-14,16,21-22H,9-10H2,1-7H3,(H,23,24);1H2/t11?,12?,13?,14-,16+,19-,20-;/m1./s1. The van der Waals surface area contributed by atoms with Gasteiger partial charge in [-0.15, -0.1) is 0 Å². The summed E-state index contributed by atoms with van der Waals surface area (Å²) in [6, 6.07) is 0. The summed E-state index contributed by atoms with van der Waals surface area (Å²) in [6.45, 7) is 13.6. The van der Waals surface area contributed by atoms with Gasteiger partial charge in [0.1, 0.15) is 5.60 Å². The first-order valence-electron chi connectivity index (χ1n) is 9.50. The number of aliphatic hydroxyl groups excluding tert-OH is 2. The Labute approximate surface area is 166 Å². The molecule has 0 aromatic rings. The molecule has 0 radical (unpaired) electrons. The van der Waals surface area contributed by atoms with Crippen LogP contribution in [0.3, 0.4) is 0 Å². The molecule has 2 aliphatic rings. The highest BCUT2D eigenvalue weighted by molar-refractivity contribution is 5.84. The molecular weight excluding hydrogens is 368 g/mol. The summed E-state index contributed by atoms with van der Waals surface area (Å²) in [5, 5.41) is 30.3. The van der Waals surface area contributed by atoms with Crippen molar-refractivity contribution in [1.82, 2.24) is 0 Å². The lowest BCUT2D eigenvalue weighted by molar-refractivity contribution is -0.255. The van der Waals surface area contributed by atoms with Gasteiger partial charge in [-0.2, -0.15) is 0 Å². The van der Waals surface area contributed by atoms with Crippen molar-refractivity contribution in [2.75, 3.05) is 13.2 Å². The Hall–Kier alpha value is -1.19. The van der Waals surface area contributed by atoms with Gasteiger partial charge in [-0.25, -0.2) is 4.79 Å². The second-order valence-corrected chi connectivity index (χ2v) is 9.13. The summed E-state index contributed by atoms with van der Waals surface area (Å²) in [4.78, 5) is 11.3.